The molecule has 0 aromatic rings. The number of nitrogens with one attached hydrogen (secondary N) is 1. The molecule has 0 amide bonds. The van der Waals surface area contributed by atoms with Crippen LogP contribution in [0, 0.1) is 5.41 Å². The molecular formula is C15H31NO. The Balaban J connectivity index is 2.33. The Morgan fingerprint density at radius 3 is 2.65 bits per heavy atom. The Bertz CT molecular complexity index is 199. The summed E-state index contributed by atoms with van der Waals surface area (Å²) in [7, 11) is 0. The smallest absolute Gasteiger partial charge is 0.0576 e. The summed E-state index contributed by atoms with van der Waals surface area (Å²) in [5, 5.41) is 3.61. The van der Waals surface area contributed by atoms with Crippen molar-refractivity contribution in [3.63, 3.8) is 0 Å². The van der Waals surface area contributed by atoms with Gasteiger partial charge < -0.3 is 10.1 Å². The maximum Gasteiger partial charge on any atom is 0.0576 e. The molecule has 1 N–H and O–H groups in total. The predicted molar refractivity (Wildman–Crippen MR) is 74.4 cm³/mol. The van der Waals surface area contributed by atoms with E-state index in [1.807, 2.05) is 0 Å². The molecule has 0 aliphatic carbocycles. The molecule has 0 aromatic carbocycles. The van der Waals surface area contributed by atoms with Crippen molar-refractivity contribution in [2.24, 2.45) is 5.41 Å². The maximum atomic E-state index is 5.73. The van der Waals surface area contributed by atoms with Gasteiger partial charge in [0, 0.05) is 19.2 Å². The van der Waals surface area contributed by atoms with E-state index < -0.39 is 0 Å². The molecule has 2 atom stereocenters. The lowest BCUT2D eigenvalue weighted by Gasteiger charge is -2.31. The van der Waals surface area contributed by atoms with Crippen molar-refractivity contribution in [1.29, 1.82) is 0 Å². The lowest BCUT2D eigenvalue weighted by Crippen LogP contribution is -2.36. The molecule has 0 bridgehead atoms. The Morgan fingerprint density at radius 1 is 1.35 bits per heavy atom. The first-order valence-electron chi connectivity index (χ1n) is 7.41. The van der Waals surface area contributed by atoms with Crippen molar-refractivity contribution >= 4 is 0 Å². The van der Waals surface area contributed by atoms with E-state index >= 15 is 0 Å². The van der Waals surface area contributed by atoms with Crippen molar-refractivity contribution in [3.05, 3.63) is 0 Å². The van der Waals surface area contributed by atoms with Crippen LogP contribution in [0.3, 0.4) is 0 Å². The predicted octanol–water partition coefficient (Wildman–Crippen LogP) is 3.75. The second-order valence-corrected chi connectivity index (χ2v) is 6.27. The molecular weight excluding hydrogens is 210 g/mol. The Morgan fingerprint density at radius 2 is 2.12 bits per heavy atom. The number of rotatable bonds is 8. The van der Waals surface area contributed by atoms with Crippen LogP contribution in [0.15, 0.2) is 0 Å². The van der Waals surface area contributed by atoms with Gasteiger partial charge in [0.1, 0.15) is 0 Å². The summed E-state index contributed by atoms with van der Waals surface area (Å²) >= 11 is 0. The van der Waals surface area contributed by atoms with E-state index in [1.54, 1.807) is 0 Å². The third kappa shape index (κ3) is 5.87. The van der Waals surface area contributed by atoms with Crippen molar-refractivity contribution in [1.82, 2.24) is 5.32 Å². The highest BCUT2D eigenvalue weighted by Gasteiger charge is 2.26. The largest absolute Gasteiger partial charge is 0.378 e. The van der Waals surface area contributed by atoms with Crippen LogP contribution >= 0.6 is 0 Å². The standard InChI is InChI=1S/C15H31NO/c1-5-9-15(4,12-16-13(2)3)10-8-14-7-6-11-17-14/h13-14,16H,5-12H2,1-4H3. The van der Waals surface area contributed by atoms with Gasteiger partial charge in [-0.25, -0.2) is 0 Å². The van der Waals surface area contributed by atoms with Gasteiger partial charge in [-0.1, -0.05) is 34.1 Å². The highest BCUT2D eigenvalue weighted by Crippen LogP contribution is 2.31. The lowest BCUT2D eigenvalue weighted by molar-refractivity contribution is 0.0872. The fourth-order valence-electron chi connectivity index (χ4n) is 2.74. The zero-order valence-electron chi connectivity index (χ0n) is 12.2. The molecule has 2 heteroatoms. The highest BCUT2D eigenvalue weighted by molar-refractivity contribution is 4.80. The zero-order chi connectivity index (χ0) is 12.7. The second kappa shape index (κ2) is 7.38. The van der Waals surface area contributed by atoms with Gasteiger partial charge in [0.25, 0.3) is 0 Å². The van der Waals surface area contributed by atoms with Gasteiger partial charge in [0.2, 0.25) is 0 Å². The lowest BCUT2D eigenvalue weighted by atomic mass is 9.80. The quantitative estimate of drug-likeness (QED) is 0.699. The van der Waals surface area contributed by atoms with Crippen LogP contribution in [0.4, 0.5) is 0 Å². The van der Waals surface area contributed by atoms with Crippen LogP contribution < -0.4 is 5.32 Å². The fraction of sp³-hybridized carbons (Fsp3) is 1.00. The topological polar surface area (TPSA) is 21.3 Å². The van der Waals surface area contributed by atoms with Gasteiger partial charge in [-0.2, -0.15) is 0 Å². The summed E-state index contributed by atoms with van der Waals surface area (Å²) in [6.07, 6.45) is 8.23. The van der Waals surface area contributed by atoms with E-state index in [0.29, 0.717) is 17.6 Å². The molecule has 1 aliphatic rings. The van der Waals surface area contributed by atoms with E-state index in [0.717, 1.165) is 13.2 Å². The molecule has 0 aromatic heterocycles. The monoisotopic (exact) mass is 241 g/mol. The van der Waals surface area contributed by atoms with Crippen LogP contribution in [0.25, 0.3) is 0 Å². The normalized spacial score (nSPS) is 24.2. The van der Waals surface area contributed by atoms with Crippen molar-refractivity contribution < 1.29 is 4.74 Å². The Labute approximate surface area is 108 Å². The number of hydrogen-bond acceptors (Lipinski definition) is 2. The zero-order valence-corrected chi connectivity index (χ0v) is 12.2. The molecule has 0 spiro atoms. The molecule has 0 radical (unpaired) electrons. The minimum absolute atomic E-state index is 0.449. The molecule has 1 saturated heterocycles. The molecule has 1 rings (SSSR count). The van der Waals surface area contributed by atoms with Crippen LogP contribution in [0.1, 0.15) is 66.2 Å². The van der Waals surface area contributed by atoms with Gasteiger partial charge in [0.15, 0.2) is 0 Å². The van der Waals surface area contributed by atoms with E-state index in [4.69, 9.17) is 4.74 Å². The molecule has 1 aliphatic heterocycles. The molecule has 2 nitrogen and oxygen atoms in total. The van der Waals surface area contributed by atoms with Gasteiger partial charge in [-0.15, -0.1) is 0 Å². The van der Waals surface area contributed by atoms with Gasteiger partial charge in [-0.3, -0.25) is 0 Å². The third-order valence-corrected chi connectivity index (χ3v) is 3.88. The molecule has 1 heterocycles. The minimum atomic E-state index is 0.449. The Kier molecular flexibility index (Phi) is 6.50. The van der Waals surface area contributed by atoms with E-state index in [1.165, 1.54) is 38.5 Å². The average molecular weight is 241 g/mol. The van der Waals surface area contributed by atoms with E-state index in [-0.39, 0.29) is 0 Å². The molecule has 1 fully saturated rings. The third-order valence-electron chi connectivity index (χ3n) is 3.88. The molecule has 102 valence electrons. The van der Waals surface area contributed by atoms with Gasteiger partial charge in [-0.05, 0) is 37.5 Å². The molecule has 2 unspecified atom stereocenters. The minimum Gasteiger partial charge on any atom is -0.378 e. The van der Waals surface area contributed by atoms with Gasteiger partial charge in [0.05, 0.1) is 6.10 Å². The first-order chi connectivity index (χ1) is 8.06. The summed E-state index contributed by atoms with van der Waals surface area (Å²) in [4.78, 5) is 0. The second-order valence-electron chi connectivity index (χ2n) is 6.27. The van der Waals surface area contributed by atoms with Crippen LogP contribution in [0.5, 0.6) is 0 Å². The molecule has 17 heavy (non-hydrogen) atoms. The van der Waals surface area contributed by atoms with Crippen LogP contribution in [-0.4, -0.2) is 25.3 Å². The maximum absolute atomic E-state index is 5.73. The fourth-order valence-corrected chi connectivity index (χ4v) is 2.74. The van der Waals surface area contributed by atoms with Crippen molar-refractivity contribution in [3.8, 4) is 0 Å². The first kappa shape index (κ1) is 15.0. The van der Waals surface area contributed by atoms with E-state index in [2.05, 4.69) is 33.0 Å². The van der Waals surface area contributed by atoms with Crippen LogP contribution in [-0.2, 0) is 4.74 Å². The molecule has 0 saturated carbocycles. The summed E-state index contributed by atoms with van der Waals surface area (Å²) in [6.45, 7) is 11.3. The van der Waals surface area contributed by atoms with Gasteiger partial charge >= 0.3 is 0 Å². The SMILES string of the molecule is CCCC(C)(CCC1CCCO1)CNC(C)C. The summed E-state index contributed by atoms with van der Waals surface area (Å²) in [5.74, 6) is 0. The summed E-state index contributed by atoms with van der Waals surface area (Å²) in [5.41, 5.74) is 0.449. The summed E-state index contributed by atoms with van der Waals surface area (Å²) in [6, 6.07) is 0.592. The van der Waals surface area contributed by atoms with E-state index in [9.17, 15) is 0 Å². The average Bonchev–Trinajstić information content (AvgIpc) is 2.77. The summed E-state index contributed by atoms with van der Waals surface area (Å²) < 4.78 is 5.73. The number of hydrogen-bond donors (Lipinski definition) is 1. The highest BCUT2D eigenvalue weighted by atomic mass is 16.5. The Hall–Kier alpha value is -0.0800. The van der Waals surface area contributed by atoms with Crippen molar-refractivity contribution in [2.45, 2.75) is 78.4 Å². The van der Waals surface area contributed by atoms with Crippen molar-refractivity contribution in [2.75, 3.05) is 13.2 Å². The number of ether oxygens (including phenoxy) is 1. The first-order valence-corrected chi connectivity index (χ1v) is 7.41. The van der Waals surface area contributed by atoms with Crippen LogP contribution in [0.2, 0.25) is 0 Å².